The Labute approximate surface area is 538 Å². The van der Waals surface area contributed by atoms with Gasteiger partial charge in [-0.1, -0.05) is 42.5 Å². The van der Waals surface area contributed by atoms with Gasteiger partial charge in [-0.25, -0.2) is 4.79 Å². The van der Waals surface area contributed by atoms with Crippen molar-refractivity contribution >= 4 is 41.0 Å². The lowest BCUT2D eigenvalue weighted by atomic mass is 9.72. The van der Waals surface area contributed by atoms with Crippen molar-refractivity contribution in [3.05, 3.63) is 87.5 Å². The molecule has 18 N–H and O–H groups in total. The molecule has 22 atom stereocenters. The number of amides is 3. The molecule has 0 spiro atoms. The molecule has 3 aromatic carbocycles. The predicted octanol–water partition coefficient (Wildman–Crippen LogP) is -7.42. The van der Waals surface area contributed by atoms with Gasteiger partial charge in [0.05, 0.1) is 68.4 Å². The number of Topliss-reactive ketones (excluding diaryl/α,β-unsaturated/α-hetero) is 1. The first-order valence-corrected chi connectivity index (χ1v) is 29.9. The molecule has 95 heavy (non-hydrogen) atoms. The zero-order chi connectivity index (χ0) is 69.1. The number of aliphatic hydroxyl groups is 12. The summed E-state index contributed by atoms with van der Waals surface area (Å²) in [7, 11) is 1.25. The van der Waals surface area contributed by atoms with Gasteiger partial charge in [-0.3, -0.25) is 28.8 Å². The molecule has 4 aliphatic heterocycles. The molecule has 35 nitrogen and oxygen atoms in total. The van der Waals surface area contributed by atoms with Crippen LogP contribution >= 0.6 is 0 Å². The smallest absolute Gasteiger partial charge is 0.329 e. The van der Waals surface area contributed by atoms with Crippen molar-refractivity contribution in [2.24, 2.45) is 0 Å². The van der Waals surface area contributed by atoms with Crippen LogP contribution in [-0.2, 0) is 79.4 Å². The van der Waals surface area contributed by atoms with E-state index in [1.165, 1.54) is 32.2 Å². The van der Waals surface area contributed by atoms with Crippen LogP contribution in [0, 0.1) is 0 Å². The van der Waals surface area contributed by atoms with Gasteiger partial charge in [0.25, 0.3) is 0 Å². The van der Waals surface area contributed by atoms with E-state index in [1.54, 1.807) is 30.3 Å². The van der Waals surface area contributed by atoms with E-state index in [-0.39, 0.29) is 34.4 Å². The Kier molecular flexibility index (Phi) is 23.4. The minimum atomic E-state index is -2.50. The van der Waals surface area contributed by atoms with E-state index in [4.69, 9.17) is 52.5 Å². The highest BCUT2D eigenvalue weighted by molar-refractivity contribution is 6.31. The molecule has 3 amide bonds. The normalized spacial score (nSPS) is 34.0. The summed E-state index contributed by atoms with van der Waals surface area (Å²) in [6.45, 7) is -4.84. The number of methoxy groups -OCH3 is 1. The van der Waals surface area contributed by atoms with Crippen LogP contribution in [0.3, 0.4) is 0 Å². The second kappa shape index (κ2) is 30.7. The first kappa shape index (κ1) is 72.4. The first-order valence-electron chi connectivity index (χ1n) is 29.9. The van der Waals surface area contributed by atoms with Crippen LogP contribution in [0.1, 0.15) is 74.4 Å². The van der Waals surface area contributed by atoms with Crippen molar-refractivity contribution in [1.29, 1.82) is 0 Å². The molecule has 0 aromatic heterocycles. The fourth-order valence-corrected chi connectivity index (χ4v) is 12.3. The average molecular weight is 1350 g/mol. The number of carbonyl (C=O) groups is 7. The standard InChI is InChI=1S/C60H75N3O32/c1-22-42(71)26(12-37(89-22)90-29-14-60(85,33(66)17-65)13-25-39(29)47(76)41-40(44(25)73)43(72)24-9-6-10-28(86-2)38(24)46(41)75)62-34(67)15-61-56(83)27(11-23-7-4-3-5-8-23)63-35(68)20-87-19-32-55(95-58-52(81)48(77)45(74)30(16-64)92-58)50(79)53(82)59(93-32)94-54-31(18-88-21-36(69)70)91-57(84)51(80)49(54)78/h3-10,22,26-27,29-32,37,42,45,48-55,57-59,64-65,71,73-74,76-82,84-85H,11-21H2,1-2H3,(H,61,83)(H,62,67)(H,63,68)(H,69,70)/t22-,26-,27-,29+,30+,31+,32+,37-,42+,45+,48-,49+,50+,51+,52+,53+,54-,55-,57-,58+,59+,60-/m0/s1. The van der Waals surface area contributed by atoms with Crippen molar-refractivity contribution in [2.75, 3.05) is 53.3 Å². The third kappa shape index (κ3) is 15.4. The van der Waals surface area contributed by atoms with E-state index < -0.39 is 264 Å². The zero-order valence-corrected chi connectivity index (χ0v) is 50.7. The number of hydrogen-bond acceptors (Lipinski definition) is 31. The Morgan fingerprint density at radius 3 is 1.94 bits per heavy atom. The second-order valence-electron chi connectivity index (χ2n) is 23.6. The number of nitrogens with one attached hydrogen (secondary N) is 3. The number of fused-ring (bicyclic) bond motifs is 3. The van der Waals surface area contributed by atoms with Gasteiger partial charge < -0.3 is 140 Å². The number of phenolic OH excluding ortho intramolecular Hbond substituents is 2. The summed E-state index contributed by atoms with van der Waals surface area (Å²) < 4.78 is 56.5. The van der Waals surface area contributed by atoms with E-state index in [2.05, 4.69) is 16.0 Å². The maximum Gasteiger partial charge on any atom is 0.329 e. The number of aliphatic carboxylic acids is 1. The highest BCUT2D eigenvalue weighted by atomic mass is 16.8. The topological polar surface area (TPSA) is 551 Å². The maximum atomic E-state index is 14.2. The average Bonchev–Trinajstić information content (AvgIpc) is 0.712. The monoisotopic (exact) mass is 1350 g/mol. The number of ketones is 3. The van der Waals surface area contributed by atoms with Crippen LogP contribution in [-0.4, -0.2) is 299 Å². The minimum Gasteiger partial charge on any atom is -0.507 e. The third-order valence-corrected chi connectivity index (χ3v) is 17.2. The largest absolute Gasteiger partial charge is 0.507 e. The van der Waals surface area contributed by atoms with Crippen LogP contribution in [0.4, 0.5) is 0 Å². The molecular formula is C60H75N3O32. The van der Waals surface area contributed by atoms with Gasteiger partial charge in [-0.15, -0.1) is 0 Å². The van der Waals surface area contributed by atoms with Crippen molar-refractivity contribution in [3.8, 4) is 17.2 Å². The zero-order valence-electron chi connectivity index (χ0n) is 50.7. The van der Waals surface area contributed by atoms with Crippen LogP contribution in [0.2, 0.25) is 0 Å². The number of rotatable bonds is 25. The van der Waals surface area contributed by atoms with E-state index in [0.717, 1.165) is 0 Å². The quantitative estimate of drug-likeness (QED) is 0.0274. The Bertz CT molecular complexity index is 3290. The third-order valence-electron chi connectivity index (χ3n) is 17.2. The van der Waals surface area contributed by atoms with Crippen molar-refractivity contribution < 1.29 is 158 Å². The summed E-state index contributed by atoms with van der Waals surface area (Å²) in [5.41, 5.74) is -4.36. The Hall–Kier alpha value is -6.89. The molecule has 35 heteroatoms. The van der Waals surface area contributed by atoms with E-state index >= 15 is 0 Å². The molecule has 6 aliphatic rings. The molecule has 2 aliphatic carbocycles. The van der Waals surface area contributed by atoms with E-state index in [1.807, 2.05) is 0 Å². The fraction of sp³-hybridized carbons (Fsp3) is 0.583. The molecule has 0 saturated carbocycles. The van der Waals surface area contributed by atoms with Crippen molar-refractivity contribution in [3.63, 3.8) is 0 Å². The van der Waals surface area contributed by atoms with Gasteiger partial charge in [0.2, 0.25) is 23.5 Å². The van der Waals surface area contributed by atoms with Gasteiger partial charge in [-0.2, -0.15) is 0 Å². The number of phenols is 2. The highest BCUT2D eigenvalue weighted by Crippen LogP contribution is 2.53. The number of hydrogen-bond donors (Lipinski definition) is 18. The number of aliphatic hydroxyl groups excluding tert-OH is 11. The van der Waals surface area contributed by atoms with Crippen LogP contribution in [0.15, 0.2) is 48.5 Å². The number of carboxylic acid groups (broad SMARTS) is 1. The lowest BCUT2D eigenvalue weighted by Crippen LogP contribution is -2.66. The lowest BCUT2D eigenvalue weighted by molar-refractivity contribution is -0.378. The summed E-state index contributed by atoms with van der Waals surface area (Å²) in [6, 6.07) is 9.59. The van der Waals surface area contributed by atoms with Crippen LogP contribution < -0.4 is 20.7 Å². The summed E-state index contributed by atoms with van der Waals surface area (Å²) in [5, 5.41) is 169. The van der Waals surface area contributed by atoms with Crippen molar-refractivity contribution in [2.45, 2.75) is 167 Å². The van der Waals surface area contributed by atoms with Crippen molar-refractivity contribution in [1.82, 2.24) is 16.0 Å². The molecule has 3 aromatic rings. The van der Waals surface area contributed by atoms with E-state index in [0.29, 0.717) is 5.56 Å². The second-order valence-corrected chi connectivity index (χ2v) is 23.6. The predicted molar refractivity (Wildman–Crippen MR) is 307 cm³/mol. The molecular weight excluding hydrogens is 1270 g/mol. The molecule has 4 heterocycles. The number of ether oxygens (including phenoxy) is 10. The molecule has 522 valence electrons. The summed E-state index contributed by atoms with van der Waals surface area (Å²) in [4.78, 5) is 94.0. The van der Waals surface area contributed by atoms with Gasteiger partial charge in [0.1, 0.15) is 128 Å². The number of benzene rings is 3. The molecule has 0 unspecified atom stereocenters. The number of aromatic hydroxyl groups is 2. The Morgan fingerprint density at radius 1 is 0.674 bits per heavy atom. The number of carbonyl (C=O) groups excluding carboxylic acids is 6. The molecule has 9 rings (SSSR count). The van der Waals surface area contributed by atoms with E-state index in [9.17, 15) is 105 Å². The van der Waals surface area contributed by atoms with Gasteiger partial charge in [0, 0.05) is 42.4 Å². The lowest BCUT2D eigenvalue weighted by Gasteiger charge is -2.48. The SMILES string of the molecule is COc1cccc2c1C(=O)c1c(O)c3c(c(O)c1C2=O)C[C@@](O)(C(=O)CO)C[C@H]3O[C@H]1C[C@H](NC(=O)CNC(=O)[C@H](Cc2ccccc2)NC(=O)COC[C@H]2O[C@H](O[C@@H]3[C@H](O)[C@@H](O)[C@@H](O)O[C@@H]3COCC(=O)O)[C@H](O)[C@@H](O)[C@H]2O[C@H]2O[C@H](CO)[C@@H](O)[C@H](O)[C@H]2O)[C@H](O)[C@H](C)O1. The molecule has 4 fully saturated rings. The first-order chi connectivity index (χ1) is 45.1. The van der Waals surface area contributed by atoms with Crippen LogP contribution in [0.25, 0.3) is 0 Å². The van der Waals surface area contributed by atoms with Crippen LogP contribution in [0.5, 0.6) is 17.2 Å². The summed E-state index contributed by atoms with van der Waals surface area (Å²) >= 11 is 0. The summed E-state index contributed by atoms with van der Waals surface area (Å²) in [6.07, 6.45) is -36.9. The Balaban J connectivity index is 0.871. The van der Waals surface area contributed by atoms with Gasteiger partial charge in [-0.05, 0) is 18.6 Å². The molecule has 0 bridgehead atoms. The minimum absolute atomic E-state index is 0.0255. The molecule has 0 radical (unpaired) electrons. The maximum absolute atomic E-state index is 14.2. The fourth-order valence-electron chi connectivity index (χ4n) is 12.3. The summed E-state index contributed by atoms with van der Waals surface area (Å²) in [5.74, 6) is -8.97. The number of carboxylic acids is 1. The van der Waals surface area contributed by atoms with Gasteiger partial charge in [0.15, 0.2) is 36.7 Å². The highest BCUT2D eigenvalue weighted by Gasteiger charge is 2.55. The molecule has 4 saturated heterocycles. The van der Waals surface area contributed by atoms with Gasteiger partial charge >= 0.3 is 5.97 Å². The Morgan fingerprint density at radius 2 is 1.29 bits per heavy atom.